The molecule has 5 rings (SSSR count). The number of aromatic nitrogens is 1. The van der Waals surface area contributed by atoms with Crippen LogP contribution in [0.1, 0.15) is 79.1 Å². The third kappa shape index (κ3) is 10.0. The number of ether oxygens (including phenoxy) is 3. The summed E-state index contributed by atoms with van der Waals surface area (Å²) in [4.78, 5) is 72.1. The number of aliphatic carboxylic acids is 1. The summed E-state index contributed by atoms with van der Waals surface area (Å²) in [5, 5.41) is 18.9. The molecule has 2 aromatic carbocycles. The number of hydrogen-bond acceptors (Lipinski definition) is 9. The molecule has 0 unspecified atom stereocenters. The van der Waals surface area contributed by atoms with E-state index >= 15 is 0 Å². The number of amides is 3. The maximum atomic E-state index is 14.3. The van der Waals surface area contributed by atoms with Crippen LogP contribution in [0.4, 0.5) is 0 Å². The summed E-state index contributed by atoms with van der Waals surface area (Å²) in [6.07, 6.45) is 5.95. The molecule has 0 bridgehead atoms. The number of carbonyl (C=O) groups is 5. The van der Waals surface area contributed by atoms with Crippen molar-refractivity contribution in [2.75, 3.05) is 14.2 Å². The molecule has 1 aromatic heterocycles. The van der Waals surface area contributed by atoms with Gasteiger partial charge in [0, 0.05) is 35.1 Å². The summed E-state index contributed by atoms with van der Waals surface area (Å²) in [5.41, 5.74) is 1.31. The van der Waals surface area contributed by atoms with E-state index in [0.29, 0.717) is 34.5 Å². The van der Waals surface area contributed by atoms with Gasteiger partial charge in [-0.15, -0.1) is 0 Å². The Morgan fingerprint density at radius 1 is 0.929 bits per heavy atom. The zero-order chi connectivity index (χ0) is 40.6. The third-order valence-electron chi connectivity index (χ3n) is 10.6. The van der Waals surface area contributed by atoms with Gasteiger partial charge < -0.3 is 35.3 Å². The predicted molar refractivity (Wildman–Crippen MR) is 211 cm³/mol. The van der Waals surface area contributed by atoms with Crippen LogP contribution in [-0.4, -0.2) is 78.2 Å². The molecule has 4 N–H and O–H groups in total. The largest absolute Gasteiger partial charge is 0.497 e. The van der Waals surface area contributed by atoms with Crippen molar-refractivity contribution >= 4 is 40.6 Å². The highest BCUT2D eigenvalue weighted by atomic mass is 16.5. The van der Waals surface area contributed by atoms with E-state index in [1.807, 2.05) is 43.3 Å². The second-order valence-electron chi connectivity index (χ2n) is 15.7. The lowest BCUT2D eigenvalue weighted by atomic mass is 9.82. The molecule has 1 fully saturated rings. The third-order valence-corrected chi connectivity index (χ3v) is 10.6. The smallest absolute Gasteiger partial charge is 0.328 e. The molecule has 300 valence electrons. The summed E-state index contributed by atoms with van der Waals surface area (Å²) in [7, 11) is 2.85. The minimum atomic E-state index is -1.18. The molecule has 0 radical (unpaired) electrons. The van der Waals surface area contributed by atoms with Crippen LogP contribution in [0.15, 0.2) is 66.2 Å². The van der Waals surface area contributed by atoms with Crippen LogP contribution in [-0.2, 0) is 28.7 Å². The lowest BCUT2D eigenvalue weighted by molar-refractivity contribution is -0.148. The van der Waals surface area contributed by atoms with E-state index in [9.17, 15) is 29.1 Å². The Morgan fingerprint density at radius 3 is 2.27 bits per heavy atom. The van der Waals surface area contributed by atoms with E-state index in [-0.39, 0.29) is 24.3 Å². The molecule has 0 spiro atoms. The van der Waals surface area contributed by atoms with Crippen LogP contribution in [0.2, 0.25) is 0 Å². The van der Waals surface area contributed by atoms with Crippen molar-refractivity contribution in [2.45, 2.75) is 103 Å². The second-order valence-corrected chi connectivity index (χ2v) is 15.7. The number of nitrogens with one attached hydrogen (secondary N) is 3. The first-order valence-electron chi connectivity index (χ1n) is 19.4. The molecule has 2 aliphatic carbocycles. The SMILES string of the molecule is CCC[C@H](NC(=O)[C@@H]1C[C@@H](Oc2cc(-c3ccccc3)nc3cc(OC)ccc23)C=C1C(=O)N[C@H](C(=O)N[C@H](C(=O)OC)C1CCCCC1)C(C)(C)C)C(=O)O. The number of hydrogen-bond donors (Lipinski definition) is 4. The van der Waals surface area contributed by atoms with Crippen molar-refractivity contribution in [3.8, 4) is 22.8 Å². The number of carboxylic acid groups (broad SMARTS) is 1. The Hall–Kier alpha value is -5.46. The Kier molecular flexibility index (Phi) is 13.7. The molecule has 1 heterocycles. The molecule has 0 aliphatic heterocycles. The number of rotatable bonds is 15. The molecule has 13 heteroatoms. The standard InChI is InChI=1S/C43H54N4O9/c1-7-14-32(41(51)52)45-38(48)30-21-28(56-35-24-33(25-15-10-8-11-16-25)44-34-23-27(54-5)19-20-29(34)35)22-31(30)39(49)47-37(43(2,3)4)40(50)46-36(42(53)55-6)26-17-12-9-13-18-26/h8,10-11,15-16,19-20,22-24,26,28,30,32,36-37H,7,9,12-14,17-18,21H2,1-6H3,(H,45,48)(H,46,50)(H,47,49)(H,51,52)/t28-,30-,32+,36+,37-/m1/s1. The fourth-order valence-corrected chi connectivity index (χ4v) is 7.54. The molecule has 0 saturated heterocycles. The van der Waals surface area contributed by atoms with Crippen LogP contribution in [0.25, 0.3) is 22.2 Å². The fraction of sp³-hybridized carbons (Fsp3) is 0.488. The molecule has 2 aliphatic rings. The molecule has 3 aromatic rings. The first-order chi connectivity index (χ1) is 26.7. The first kappa shape index (κ1) is 41.7. The van der Waals surface area contributed by atoms with Gasteiger partial charge in [-0.25, -0.2) is 14.6 Å². The van der Waals surface area contributed by atoms with E-state index in [1.165, 1.54) is 7.11 Å². The molecule has 1 saturated carbocycles. The quantitative estimate of drug-likeness (QED) is 0.139. The lowest BCUT2D eigenvalue weighted by Crippen LogP contribution is -2.58. The first-order valence-corrected chi connectivity index (χ1v) is 19.4. The van der Waals surface area contributed by atoms with Crippen molar-refractivity contribution < 1.29 is 43.3 Å². The Bertz CT molecular complexity index is 1930. The number of benzene rings is 2. The number of pyridine rings is 1. The zero-order valence-electron chi connectivity index (χ0n) is 33.1. The van der Waals surface area contributed by atoms with E-state index in [0.717, 1.165) is 37.7 Å². The van der Waals surface area contributed by atoms with Crippen molar-refractivity contribution in [3.05, 3.63) is 66.2 Å². The Labute approximate surface area is 327 Å². The predicted octanol–water partition coefficient (Wildman–Crippen LogP) is 5.74. The van der Waals surface area contributed by atoms with Crippen LogP contribution in [0, 0.1) is 17.3 Å². The van der Waals surface area contributed by atoms with Crippen molar-refractivity contribution in [1.29, 1.82) is 0 Å². The zero-order valence-corrected chi connectivity index (χ0v) is 33.1. The van der Waals surface area contributed by atoms with Crippen molar-refractivity contribution in [2.24, 2.45) is 17.3 Å². The maximum Gasteiger partial charge on any atom is 0.328 e. The second kappa shape index (κ2) is 18.4. The average molecular weight is 771 g/mol. The summed E-state index contributed by atoms with van der Waals surface area (Å²) in [6, 6.07) is 13.6. The van der Waals surface area contributed by atoms with Crippen LogP contribution in [0.3, 0.4) is 0 Å². The summed E-state index contributed by atoms with van der Waals surface area (Å²) >= 11 is 0. The Morgan fingerprint density at radius 2 is 1.64 bits per heavy atom. The summed E-state index contributed by atoms with van der Waals surface area (Å²) in [5.74, 6) is -3.76. The van der Waals surface area contributed by atoms with E-state index < -0.39 is 65.2 Å². The summed E-state index contributed by atoms with van der Waals surface area (Å²) in [6.45, 7) is 7.19. The van der Waals surface area contributed by atoms with Gasteiger partial charge in [-0.1, -0.05) is 83.7 Å². The number of carboxylic acids is 1. The van der Waals surface area contributed by atoms with E-state index in [1.54, 1.807) is 52.2 Å². The van der Waals surface area contributed by atoms with E-state index in [2.05, 4.69) is 16.0 Å². The van der Waals surface area contributed by atoms with Crippen molar-refractivity contribution in [1.82, 2.24) is 20.9 Å². The number of carbonyl (C=O) groups excluding carboxylic acids is 4. The fourth-order valence-electron chi connectivity index (χ4n) is 7.54. The molecular weight excluding hydrogens is 716 g/mol. The molecule has 13 nitrogen and oxygen atoms in total. The highest BCUT2D eigenvalue weighted by molar-refractivity contribution is 6.04. The number of esters is 1. The highest BCUT2D eigenvalue weighted by Gasteiger charge is 2.42. The molecule has 5 atom stereocenters. The number of fused-ring (bicyclic) bond motifs is 1. The summed E-state index contributed by atoms with van der Waals surface area (Å²) < 4.78 is 17.1. The molecular formula is C43H54N4O9. The van der Waals surface area contributed by atoms with Gasteiger partial charge in [0.2, 0.25) is 17.7 Å². The van der Waals surface area contributed by atoms with Gasteiger partial charge in [-0.05, 0) is 48.8 Å². The van der Waals surface area contributed by atoms with Gasteiger partial charge in [0.05, 0.1) is 31.3 Å². The van der Waals surface area contributed by atoms with Gasteiger partial charge in [0.1, 0.15) is 35.7 Å². The van der Waals surface area contributed by atoms with Crippen LogP contribution >= 0.6 is 0 Å². The van der Waals surface area contributed by atoms with Crippen LogP contribution < -0.4 is 25.4 Å². The van der Waals surface area contributed by atoms with Crippen LogP contribution in [0.5, 0.6) is 11.5 Å². The normalized spacial score (nSPS) is 18.9. The van der Waals surface area contributed by atoms with Gasteiger partial charge in [0.25, 0.3) is 0 Å². The highest BCUT2D eigenvalue weighted by Crippen LogP contribution is 2.37. The van der Waals surface area contributed by atoms with Gasteiger partial charge in [-0.3, -0.25) is 14.4 Å². The van der Waals surface area contributed by atoms with Gasteiger partial charge in [0.15, 0.2) is 0 Å². The number of methoxy groups -OCH3 is 2. The van der Waals surface area contributed by atoms with Gasteiger partial charge >= 0.3 is 11.9 Å². The minimum absolute atomic E-state index is 0.0200. The minimum Gasteiger partial charge on any atom is -0.497 e. The van der Waals surface area contributed by atoms with E-state index in [4.69, 9.17) is 19.2 Å². The molecule has 3 amide bonds. The average Bonchev–Trinajstić information content (AvgIpc) is 3.62. The Balaban J connectivity index is 1.48. The van der Waals surface area contributed by atoms with Crippen molar-refractivity contribution in [3.63, 3.8) is 0 Å². The molecule has 56 heavy (non-hydrogen) atoms. The monoisotopic (exact) mass is 770 g/mol. The number of nitrogens with zero attached hydrogens (tertiary/aromatic N) is 1. The van der Waals surface area contributed by atoms with Gasteiger partial charge in [-0.2, -0.15) is 0 Å². The topological polar surface area (TPSA) is 182 Å². The maximum absolute atomic E-state index is 14.3. The lowest BCUT2D eigenvalue weighted by Gasteiger charge is -2.34.